The number of morpholine rings is 1. The van der Waals surface area contributed by atoms with Gasteiger partial charge in [0.25, 0.3) is 0 Å². The van der Waals surface area contributed by atoms with Crippen molar-refractivity contribution in [3.8, 4) is 11.4 Å². The molecule has 29 heavy (non-hydrogen) atoms. The SMILES string of the molecule is CC(Cl)N(CC(F)(F)F)c1nc(-c2cnc(N)nc2)nc(N2CCOCC2)c1N. The number of hydrogen-bond acceptors (Lipinski definition) is 9. The van der Waals surface area contributed by atoms with Crippen molar-refractivity contribution in [2.24, 2.45) is 0 Å². The first kappa shape index (κ1) is 21.1. The molecule has 0 aliphatic carbocycles. The predicted molar refractivity (Wildman–Crippen MR) is 104 cm³/mol. The molecule has 0 spiro atoms. The van der Waals surface area contributed by atoms with Gasteiger partial charge in [0.2, 0.25) is 5.95 Å². The van der Waals surface area contributed by atoms with Gasteiger partial charge in [-0.15, -0.1) is 0 Å². The van der Waals surface area contributed by atoms with Gasteiger partial charge in [-0.2, -0.15) is 13.2 Å². The van der Waals surface area contributed by atoms with Crippen molar-refractivity contribution in [2.45, 2.75) is 18.6 Å². The second-order valence-corrected chi connectivity index (χ2v) is 6.99. The molecule has 1 aliphatic rings. The van der Waals surface area contributed by atoms with Gasteiger partial charge in [0.1, 0.15) is 17.7 Å². The van der Waals surface area contributed by atoms with E-state index in [9.17, 15) is 13.2 Å². The summed E-state index contributed by atoms with van der Waals surface area (Å²) in [7, 11) is 0. The molecular formula is C16H20ClF3N8O. The zero-order chi connectivity index (χ0) is 21.2. The Morgan fingerprint density at radius 3 is 2.38 bits per heavy atom. The molecule has 1 atom stereocenters. The molecule has 1 fully saturated rings. The average molecular weight is 433 g/mol. The molecule has 9 nitrogen and oxygen atoms in total. The molecule has 0 amide bonds. The van der Waals surface area contributed by atoms with Crippen LogP contribution >= 0.6 is 11.6 Å². The van der Waals surface area contributed by atoms with Crippen LogP contribution in [0.1, 0.15) is 6.92 Å². The summed E-state index contributed by atoms with van der Waals surface area (Å²) < 4.78 is 44.8. The van der Waals surface area contributed by atoms with Crippen LogP contribution in [-0.2, 0) is 4.74 Å². The lowest BCUT2D eigenvalue weighted by molar-refractivity contribution is -0.120. The highest BCUT2D eigenvalue weighted by molar-refractivity contribution is 6.21. The van der Waals surface area contributed by atoms with Crippen molar-refractivity contribution >= 4 is 34.9 Å². The van der Waals surface area contributed by atoms with Crippen LogP contribution in [-0.4, -0.2) is 64.5 Å². The van der Waals surface area contributed by atoms with Crippen molar-refractivity contribution in [1.82, 2.24) is 19.9 Å². The zero-order valence-electron chi connectivity index (χ0n) is 15.5. The molecule has 1 saturated heterocycles. The molecule has 1 aliphatic heterocycles. The van der Waals surface area contributed by atoms with Gasteiger partial charge in [-0.25, -0.2) is 19.9 Å². The second-order valence-electron chi connectivity index (χ2n) is 6.35. The molecular weight excluding hydrogens is 413 g/mol. The van der Waals surface area contributed by atoms with Crippen LogP contribution in [0.5, 0.6) is 0 Å². The Morgan fingerprint density at radius 1 is 1.21 bits per heavy atom. The first-order valence-corrected chi connectivity index (χ1v) is 9.15. The third kappa shape index (κ3) is 5.07. The van der Waals surface area contributed by atoms with E-state index in [2.05, 4.69) is 19.9 Å². The number of ether oxygens (including phenoxy) is 1. The van der Waals surface area contributed by atoms with Crippen molar-refractivity contribution < 1.29 is 17.9 Å². The zero-order valence-corrected chi connectivity index (χ0v) is 16.3. The largest absolute Gasteiger partial charge is 0.406 e. The third-order valence-corrected chi connectivity index (χ3v) is 4.43. The van der Waals surface area contributed by atoms with E-state index in [0.717, 1.165) is 4.90 Å². The van der Waals surface area contributed by atoms with Gasteiger partial charge in [-0.05, 0) is 6.92 Å². The van der Waals surface area contributed by atoms with Crippen LogP contribution in [0, 0.1) is 0 Å². The lowest BCUT2D eigenvalue weighted by Gasteiger charge is -2.32. The number of rotatable bonds is 5. The molecule has 3 rings (SSSR count). The summed E-state index contributed by atoms with van der Waals surface area (Å²) in [6.07, 6.45) is -1.73. The van der Waals surface area contributed by atoms with E-state index in [1.807, 2.05) is 4.90 Å². The smallest absolute Gasteiger partial charge is 0.393 e. The number of nitrogen functional groups attached to an aromatic ring is 2. The minimum atomic E-state index is -4.51. The third-order valence-electron chi connectivity index (χ3n) is 4.20. The molecule has 0 saturated carbocycles. The molecule has 13 heteroatoms. The first-order chi connectivity index (χ1) is 13.7. The monoisotopic (exact) mass is 432 g/mol. The number of alkyl halides is 4. The summed E-state index contributed by atoms with van der Waals surface area (Å²) in [5.41, 5.74) is 11.1. The number of halogens is 4. The van der Waals surface area contributed by atoms with Crippen molar-refractivity contribution in [1.29, 1.82) is 0 Å². The molecule has 0 bridgehead atoms. The quantitative estimate of drug-likeness (QED) is 0.539. The van der Waals surface area contributed by atoms with Gasteiger partial charge in [-0.1, -0.05) is 11.6 Å². The van der Waals surface area contributed by atoms with Crippen molar-refractivity contribution in [3.05, 3.63) is 12.4 Å². The van der Waals surface area contributed by atoms with Gasteiger partial charge >= 0.3 is 6.18 Å². The summed E-state index contributed by atoms with van der Waals surface area (Å²) in [5.74, 6) is 0.342. The molecule has 2 aromatic heterocycles. The first-order valence-electron chi connectivity index (χ1n) is 8.71. The summed E-state index contributed by atoms with van der Waals surface area (Å²) in [4.78, 5) is 19.2. The number of aromatic nitrogens is 4. The fourth-order valence-corrected chi connectivity index (χ4v) is 2.99. The second kappa shape index (κ2) is 8.41. The molecule has 4 N–H and O–H groups in total. The average Bonchev–Trinajstić information content (AvgIpc) is 2.67. The van der Waals surface area contributed by atoms with Crippen LogP contribution in [0.3, 0.4) is 0 Å². The van der Waals surface area contributed by atoms with Gasteiger partial charge in [0.15, 0.2) is 17.5 Å². The van der Waals surface area contributed by atoms with Crippen LogP contribution in [0.15, 0.2) is 12.4 Å². The molecule has 0 radical (unpaired) electrons. The summed E-state index contributed by atoms with van der Waals surface area (Å²) in [5, 5.41) is 0. The molecule has 158 valence electrons. The number of anilines is 4. The van der Waals surface area contributed by atoms with E-state index in [-0.39, 0.29) is 23.3 Å². The number of hydrogen-bond donors (Lipinski definition) is 2. The maximum atomic E-state index is 13.2. The van der Waals surface area contributed by atoms with E-state index in [1.54, 1.807) is 0 Å². The van der Waals surface area contributed by atoms with E-state index in [4.69, 9.17) is 27.8 Å². The molecule has 1 unspecified atom stereocenters. The Morgan fingerprint density at radius 2 is 1.83 bits per heavy atom. The van der Waals surface area contributed by atoms with E-state index in [0.29, 0.717) is 37.7 Å². The molecule has 3 heterocycles. The number of nitrogens with zero attached hydrogens (tertiary/aromatic N) is 6. The highest BCUT2D eigenvalue weighted by Gasteiger charge is 2.35. The van der Waals surface area contributed by atoms with Gasteiger partial charge in [0.05, 0.1) is 18.8 Å². The van der Waals surface area contributed by atoms with Crippen molar-refractivity contribution in [3.63, 3.8) is 0 Å². The van der Waals surface area contributed by atoms with E-state index < -0.39 is 18.2 Å². The van der Waals surface area contributed by atoms with Gasteiger partial charge < -0.3 is 26.0 Å². The lowest BCUT2D eigenvalue weighted by Crippen LogP contribution is -2.41. The van der Waals surface area contributed by atoms with Gasteiger partial charge in [0, 0.05) is 25.5 Å². The topological polar surface area (TPSA) is 119 Å². The molecule has 0 aromatic carbocycles. The fraction of sp³-hybridized carbons (Fsp3) is 0.500. The van der Waals surface area contributed by atoms with E-state index >= 15 is 0 Å². The molecule has 2 aromatic rings. The predicted octanol–water partition coefficient (Wildman–Crippen LogP) is 1.89. The minimum Gasteiger partial charge on any atom is -0.393 e. The standard InChI is InChI=1S/C16H20ClF3N8O/c1-9(17)28(8-16(18,19)20)14-11(21)13(27-2-4-29-5-3-27)25-12(26-14)10-6-23-15(22)24-7-10/h6-7,9H,2-5,8,21H2,1H3,(H2,22,23,24). The Bertz CT molecular complexity index is 843. The van der Waals surface area contributed by atoms with Crippen LogP contribution < -0.4 is 21.3 Å². The lowest BCUT2D eigenvalue weighted by atomic mass is 10.2. The number of nitrogens with two attached hydrogens (primary N) is 2. The Hall–Kier alpha value is -2.60. The fourth-order valence-electron chi connectivity index (χ4n) is 2.83. The maximum Gasteiger partial charge on any atom is 0.406 e. The highest BCUT2D eigenvalue weighted by atomic mass is 35.5. The Balaban J connectivity index is 2.14. The minimum absolute atomic E-state index is 0.00348. The van der Waals surface area contributed by atoms with Crippen LogP contribution in [0.25, 0.3) is 11.4 Å². The summed E-state index contributed by atoms with van der Waals surface area (Å²) in [6, 6.07) is 0. The van der Waals surface area contributed by atoms with Crippen LogP contribution in [0.4, 0.5) is 36.4 Å². The van der Waals surface area contributed by atoms with Crippen LogP contribution in [0.2, 0.25) is 0 Å². The van der Waals surface area contributed by atoms with E-state index in [1.165, 1.54) is 19.3 Å². The Labute approximate surface area is 169 Å². The normalized spacial score (nSPS) is 16.0. The highest BCUT2D eigenvalue weighted by Crippen LogP contribution is 2.36. The summed E-state index contributed by atoms with van der Waals surface area (Å²) in [6.45, 7) is 1.94. The summed E-state index contributed by atoms with van der Waals surface area (Å²) >= 11 is 6.05. The van der Waals surface area contributed by atoms with Crippen molar-refractivity contribution in [2.75, 3.05) is 54.1 Å². The maximum absolute atomic E-state index is 13.2. The van der Waals surface area contributed by atoms with Gasteiger partial charge in [-0.3, -0.25) is 0 Å². The Kier molecular flexibility index (Phi) is 6.13.